The van der Waals surface area contributed by atoms with E-state index in [1.807, 2.05) is 13.0 Å². The minimum atomic E-state index is -0.524. The lowest BCUT2D eigenvalue weighted by Crippen LogP contribution is -2.35. The number of carbonyl (C=O) groups excluding carboxylic acids is 1. The van der Waals surface area contributed by atoms with Crippen LogP contribution in [0.3, 0.4) is 0 Å². The Kier molecular flexibility index (Phi) is 4.76. The molecule has 0 radical (unpaired) electrons. The Labute approximate surface area is 122 Å². The van der Waals surface area contributed by atoms with Crippen molar-refractivity contribution in [1.82, 2.24) is 9.78 Å². The number of amides is 1. The van der Waals surface area contributed by atoms with Crippen molar-refractivity contribution in [1.29, 1.82) is 0 Å². The molecule has 0 aliphatic carbocycles. The predicted molar refractivity (Wildman–Crippen MR) is 80.1 cm³/mol. The molecule has 5 nitrogen and oxygen atoms in total. The first kappa shape index (κ1) is 14.6. The van der Waals surface area contributed by atoms with Crippen molar-refractivity contribution in [3.63, 3.8) is 0 Å². The average Bonchev–Trinajstić information content (AvgIpc) is 2.93. The van der Waals surface area contributed by atoms with Crippen LogP contribution in [0.4, 0.5) is 5.69 Å². The van der Waals surface area contributed by atoms with E-state index < -0.39 is 6.04 Å². The van der Waals surface area contributed by atoms with Crippen LogP contribution >= 0.6 is 11.6 Å². The molecule has 20 heavy (non-hydrogen) atoms. The molecule has 0 saturated carbocycles. The van der Waals surface area contributed by atoms with Crippen molar-refractivity contribution in [3.05, 3.63) is 41.7 Å². The van der Waals surface area contributed by atoms with Crippen LogP contribution in [-0.2, 0) is 4.79 Å². The molecule has 0 fully saturated rings. The van der Waals surface area contributed by atoms with Crippen LogP contribution < -0.4 is 11.1 Å². The molecule has 2 aromatic rings. The van der Waals surface area contributed by atoms with Crippen LogP contribution in [0.2, 0.25) is 5.02 Å². The van der Waals surface area contributed by atoms with E-state index in [1.165, 1.54) is 0 Å². The maximum Gasteiger partial charge on any atom is 0.241 e. The molecule has 1 unspecified atom stereocenters. The lowest BCUT2D eigenvalue weighted by Gasteiger charge is -2.14. The number of aromatic nitrogens is 2. The second kappa shape index (κ2) is 6.54. The summed E-state index contributed by atoms with van der Waals surface area (Å²) >= 11 is 5.99. The van der Waals surface area contributed by atoms with Gasteiger partial charge in [-0.25, -0.2) is 4.68 Å². The molecule has 0 aliphatic heterocycles. The van der Waals surface area contributed by atoms with Crippen molar-refractivity contribution in [2.24, 2.45) is 5.73 Å². The summed E-state index contributed by atoms with van der Waals surface area (Å²) < 4.78 is 1.66. The van der Waals surface area contributed by atoms with Gasteiger partial charge in [-0.1, -0.05) is 24.9 Å². The van der Waals surface area contributed by atoms with Gasteiger partial charge in [0, 0.05) is 17.4 Å². The van der Waals surface area contributed by atoms with E-state index >= 15 is 0 Å². The third-order valence-electron chi connectivity index (χ3n) is 2.90. The Hall–Kier alpha value is -1.85. The fraction of sp³-hybridized carbons (Fsp3) is 0.286. The van der Waals surface area contributed by atoms with Gasteiger partial charge in [0.05, 0.1) is 17.4 Å². The first-order chi connectivity index (χ1) is 9.61. The summed E-state index contributed by atoms with van der Waals surface area (Å²) in [6.45, 7) is 1.99. The molecule has 1 aromatic carbocycles. The third kappa shape index (κ3) is 3.37. The van der Waals surface area contributed by atoms with Crippen molar-refractivity contribution < 1.29 is 4.79 Å². The monoisotopic (exact) mass is 292 g/mol. The highest BCUT2D eigenvalue weighted by atomic mass is 35.5. The van der Waals surface area contributed by atoms with Crippen molar-refractivity contribution >= 4 is 23.2 Å². The summed E-state index contributed by atoms with van der Waals surface area (Å²) in [5.41, 5.74) is 7.16. The molecule has 6 heteroatoms. The van der Waals surface area contributed by atoms with Gasteiger partial charge in [0.25, 0.3) is 0 Å². The van der Waals surface area contributed by atoms with Crippen LogP contribution in [0.1, 0.15) is 19.8 Å². The first-order valence-electron chi connectivity index (χ1n) is 6.48. The van der Waals surface area contributed by atoms with Crippen LogP contribution in [0.15, 0.2) is 36.7 Å². The zero-order chi connectivity index (χ0) is 14.5. The summed E-state index contributed by atoms with van der Waals surface area (Å²) in [6, 6.07) is 6.53. The predicted octanol–water partition coefficient (Wildman–Crippen LogP) is 2.59. The molecule has 0 spiro atoms. The molecule has 2 rings (SSSR count). The highest BCUT2D eigenvalue weighted by Crippen LogP contribution is 2.24. The smallest absolute Gasteiger partial charge is 0.241 e. The van der Waals surface area contributed by atoms with Crippen molar-refractivity contribution in [2.45, 2.75) is 25.8 Å². The summed E-state index contributed by atoms with van der Waals surface area (Å²) in [5, 5.41) is 7.51. The van der Waals surface area contributed by atoms with E-state index in [0.717, 1.165) is 12.1 Å². The van der Waals surface area contributed by atoms with Gasteiger partial charge < -0.3 is 11.1 Å². The van der Waals surface area contributed by atoms with E-state index in [1.54, 1.807) is 35.3 Å². The van der Waals surface area contributed by atoms with Gasteiger partial charge in [-0.2, -0.15) is 5.10 Å². The minimum absolute atomic E-state index is 0.220. The number of benzene rings is 1. The topological polar surface area (TPSA) is 72.9 Å². The molecule has 3 N–H and O–H groups in total. The largest absolute Gasteiger partial charge is 0.323 e. The fourth-order valence-corrected chi connectivity index (χ4v) is 2.06. The van der Waals surface area contributed by atoms with E-state index in [4.69, 9.17) is 17.3 Å². The standard InChI is InChI=1S/C14H17ClN4O/c1-2-4-11(16)14(20)18-12-9-10(15)5-6-13(12)19-8-3-7-17-19/h3,5-9,11H,2,4,16H2,1H3,(H,18,20). The van der Waals surface area contributed by atoms with Gasteiger partial charge in [0.15, 0.2) is 0 Å². The van der Waals surface area contributed by atoms with Crippen LogP contribution in [0, 0.1) is 0 Å². The lowest BCUT2D eigenvalue weighted by molar-refractivity contribution is -0.117. The van der Waals surface area contributed by atoms with E-state index in [2.05, 4.69) is 10.4 Å². The molecule has 1 heterocycles. The molecule has 1 atom stereocenters. The van der Waals surface area contributed by atoms with Gasteiger partial charge in [-0.15, -0.1) is 0 Å². The average molecular weight is 293 g/mol. The summed E-state index contributed by atoms with van der Waals surface area (Å²) in [5.74, 6) is -0.220. The molecular weight excluding hydrogens is 276 g/mol. The number of hydrogen-bond acceptors (Lipinski definition) is 3. The summed E-state index contributed by atoms with van der Waals surface area (Å²) in [4.78, 5) is 12.0. The third-order valence-corrected chi connectivity index (χ3v) is 3.14. The number of nitrogens with zero attached hydrogens (tertiary/aromatic N) is 2. The fourth-order valence-electron chi connectivity index (χ4n) is 1.89. The molecule has 0 saturated heterocycles. The SMILES string of the molecule is CCCC(N)C(=O)Nc1cc(Cl)ccc1-n1cccn1. The van der Waals surface area contributed by atoms with Crippen LogP contribution in [0.25, 0.3) is 5.69 Å². The Balaban J connectivity index is 2.26. The first-order valence-corrected chi connectivity index (χ1v) is 6.85. The van der Waals surface area contributed by atoms with E-state index in [-0.39, 0.29) is 5.91 Å². The van der Waals surface area contributed by atoms with Gasteiger partial charge in [0.2, 0.25) is 5.91 Å². The number of hydrogen-bond donors (Lipinski definition) is 2. The van der Waals surface area contributed by atoms with Crippen molar-refractivity contribution in [2.75, 3.05) is 5.32 Å². The second-order valence-electron chi connectivity index (χ2n) is 4.50. The molecule has 106 valence electrons. The van der Waals surface area contributed by atoms with E-state index in [9.17, 15) is 4.79 Å². The molecule has 0 aliphatic rings. The highest BCUT2D eigenvalue weighted by molar-refractivity contribution is 6.31. The number of anilines is 1. The van der Waals surface area contributed by atoms with Crippen molar-refractivity contribution in [3.8, 4) is 5.69 Å². The Bertz CT molecular complexity index is 583. The van der Waals surface area contributed by atoms with Gasteiger partial charge in [-0.05, 0) is 30.7 Å². The minimum Gasteiger partial charge on any atom is -0.323 e. The van der Waals surface area contributed by atoms with Gasteiger partial charge in [-0.3, -0.25) is 4.79 Å². The molecule has 0 bridgehead atoms. The number of carbonyl (C=O) groups is 1. The number of nitrogens with two attached hydrogens (primary N) is 1. The lowest BCUT2D eigenvalue weighted by atomic mass is 10.1. The highest BCUT2D eigenvalue weighted by Gasteiger charge is 2.15. The maximum absolute atomic E-state index is 12.0. The maximum atomic E-state index is 12.0. The number of halogens is 1. The Morgan fingerprint density at radius 3 is 3.00 bits per heavy atom. The Morgan fingerprint density at radius 1 is 1.55 bits per heavy atom. The van der Waals surface area contributed by atoms with E-state index in [0.29, 0.717) is 17.1 Å². The van der Waals surface area contributed by atoms with Crippen LogP contribution in [-0.4, -0.2) is 21.7 Å². The Morgan fingerprint density at radius 2 is 2.35 bits per heavy atom. The van der Waals surface area contributed by atoms with Gasteiger partial charge in [0.1, 0.15) is 0 Å². The normalized spacial score (nSPS) is 12.2. The molecule has 1 amide bonds. The van der Waals surface area contributed by atoms with Crippen LogP contribution in [0.5, 0.6) is 0 Å². The molecular formula is C14H17ClN4O. The number of nitrogens with one attached hydrogen (secondary N) is 1. The summed E-state index contributed by atoms with van der Waals surface area (Å²) in [6.07, 6.45) is 4.97. The zero-order valence-electron chi connectivity index (χ0n) is 11.2. The number of rotatable bonds is 5. The quantitative estimate of drug-likeness (QED) is 0.889. The molecule has 1 aromatic heterocycles. The second-order valence-corrected chi connectivity index (χ2v) is 4.93. The summed E-state index contributed by atoms with van der Waals surface area (Å²) in [7, 11) is 0. The zero-order valence-corrected chi connectivity index (χ0v) is 12.0. The van der Waals surface area contributed by atoms with Gasteiger partial charge >= 0.3 is 0 Å².